The van der Waals surface area contributed by atoms with E-state index in [1.807, 2.05) is 0 Å². The fourth-order valence-corrected chi connectivity index (χ4v) is 2.66. The molecule has 0 bridgehead atoms. The number of allylic oxidation sites excluding steroid dienone is 1. The molecule has 2 heteroatoms. The summed E-state index contributed by atoms with van der Waals surface area (Å²) in [6.07, 6.45) is 5.15. The van der Waals surface area contributed by atoms with Gasteiger partial charge in [-0.3, -0.25) is 4.90 Å². The quantitative estimate of drug-likeness (QED) is 0.728. The predicted octanol–water partition coefficient (Wildman–Crippen LogP) is 3.94. The van der Waals surface area contributed by atoms with Crippen molar-refractivity contribution in [2.75, 3.05) is 19.7 Å². The first-order chi connectivity index (χ1) is 9.63. The van der Waals surface area contributed by atoms with Crippen LogP contribution in [0.4, 0.5) is 0 Å². The van der Waals surface area contributed by atoms with Crippen molar-refractivity contribution >= 4 is 0 Å². The lowest BCUT2D eigenvalue weighted by molar-refractivity contribution is 0.0745. The minimum atomic E-state index is 0.422. The Morgan fingerprint density at radius 2 is 2.25 bits per heavy atom. The van der Waals surface area contributed by atoms with Crippen LogP contribution in [0.2, 0.25) is 0 Å². The summed E-state index contributed by atoms with van der Waals surface area (Å²) in [4.78, 5) is 2.50. The summed E-state index contributed by atoms with van der Waals surface area (Å²) in [6.45, 7) is 10.5. The summed E-state index contributed by atoms with van der Waals surface area (Å²) < 4.78 is 5.79. The van der Waals surface area contributed by atoms with Crippen LogP contribution in [0.1, 0.15) is 37.8 Å². The average Bonchev–Trinajstić information content (AvgIpc) is 2.89. The fourth-order valence-electron chi connectivity index (χ4n) is 2.66. The number of ether oxygens (including phenoxy) is 1. The Hall–Kier alpha value is -1.12. The van der Waals surface area contributed by atoms with Gasteiger partial charge in [-0.2, -0.15) is 0 Å². The zero-order chi connectivity index (χ0) is 14.4. The number of hydrogen-bond acceptors (Lipinski definition) is 2. The Balaban J connectivity index is 1.98. The summed E-state index contributed by atoms with van der Waals surface area (Å²) in [7, 11) is 0. The largest absolute Gasteiger partial charge is 0.377 e. The molecule has 1 heterocycles. The monoisotopic (exact) mass is 273 g/mol. The molecule has 110 valence electrons. The Morgan fingerprint density at radius 1 is 1.40 bits per heavy atom. The number of aryl methyl sites for hydroxylation is 1. The molecule has 1 saturated heterocycles. The number of benzene rings is 1. The topological polar surface area (TPSA) is 12.5 Å². The van der Waals surface area contributed by atoms with Crippen LogP contribution in [-0.4, -0.2) is 30.7 Å². The second kappa shape index (κ2) is 7.61. The maximum absolute atomic E-state index is 5.79. The van der Waals surface area contributed by atoms with E-state index < -0.39 is 0 Å². The molecule has 20 heavy (non-hydrogen) atoms. The first-order valence-electron chi connectivity index (χ1n) is 7.66. The lowest BCUT2D eigenvalue weighted by Crippen LogP contribution is -2.32. The molecule has 0 saturated carbocycles. The summed E-state index contributed by atoms with van der Waals surface area (Å²) in [6, 6.07) is 8.81. The van der Waals surface area contributed by atoms with Gasteiger partial charge in [-0.1, -0.05) is 41.5 Å². The smallest absolute Gasteiger partial charge is 0.0703 e. The number of rotatable bonds is 6. The second-order valence-electron chi connectivity index (χ2n) is 6.10. The van der Waals surface area contributed by atoms with Gasteiger partial charge in [-0.25, -0.2) is 0 Å². The van der Waals surface area contributed by atoms with E-state index in [0.29, 0.717) is 6.10 Å². The molecule has 0 aliphatic carbocycles. The van der Waals surface area contributed by atoms with Crippen molar-refractivity contribution in [1.82, 2.24) is 4.90 Å². The summed E-state index contributed by atoms with van der Waals surface area (Å²) in [5.74, 6) is 0. The normalized spacial score (nSPS) is 18.5. The summed E-state index contributed by atoms with van der Waals surface area (Å²) in [5, 5.41) is 0. The van der Waals surface area contributed by atoms with Crippen molar-refractivity contribution in [3.63, 3.8) is 0 Å². The zero-order valence-corrected chi connectivity index (χ0v) is 13.1. The molecule has 0 aromatic heterocycles. The molecule has 0 amide bonds. The molecule has 0 spiro atoms. The van der Waals surface area contributed by atoms with Crippen LogP contribution < -0.4 is 0 Å². The average molecular weight is 273 g/mol. The van der Waals surface area contributed by atoms with Crippen molar-refractivity contribution in [1.29, 1.82) is 0 Å². The van der Waals surface area contributed by atoms with Crippen LogP contribution in [-0.2, 0) is 11.3 Å². The van der Waals surface area contributed by atoms with Gasteiger partial charge in [0.15, 0.2) is 0 Å². The van der Waals surface area contributed by atoms with Crippen molar-refractivity contribution in [3.8, 4) is 0 Å². The number of hydrogen-bond donors (Lipinski definition) is 0. The van der Waals surface area contributed by atoms with Crippen molar-refractivity contribution in [2.45, 2.75) is 46.3 Å². The minimum absolute atomic E-state index is 0.422. The van der Waals surface area contributed by atoms with Crippen LogP contribution in [0.25, 0.3) is 0 Å². The van der Waals surface area contributed by atoms with Gasteiger partial charge in [0.25, 0.3) is 0 Å². The van der Waals surface area contributed by atoms with Gasteiger partial charge < -0.3 is 4.74 Å². The minimum Gasteiger partial charge on any atom is -0.377 e. The van der Waals surface area contributed by atoms with E-state index in [2.05, 4.69) is 56.0 Å². The van der Waals surface area contributed by atoms with Crippen LogP contribution in [0.15, 0.2) is 35.9 Å². The maximum Gasteiger partial charge on any atom is 0.0703 e. The van der Waals surface area contributed by atoms with E-state index in [-0.39, 0.29) is 0 Å². The van der Waals surface area contributed by atoms with Crippen LogP contribution in [0.3, 0.4) is 0 Å². The molecule has 2 nitrogen and oxygen atoms in total. The van der Waals surface area contributed by atoms with E-state index in [4.69, 9.17) is 4.74 Å². The second-order valence-corrected chi connectivity index (χ2v) is 6.10. The summed E-state index contributed by atoms with van der Waals surface area (Å²) in [5.41, 5.74) is 4.11. The number of nitrogens with zero attached hydrogens (tertiary/aromatic N) is 1. The van der Waals surface area contributed by atoms with Gasteiger partial charge in [0.2, 0.25) is 0 Å². The Bertz CT molecular complexity index is 442. The van der Waals surface area contributed by atoms with Crippen molar-refractivity contribution in [3.05, 3.63) is 47.0 Å². The highest BCUT2D eigenvalue weighted by atomic mass is 16.5. The Labute approximate surface area is 123 Å². The molecule has 1 atom stereocenters. The molecule has 1 aromatic rings. The lowest BCUT2D eigenvalue weighted by Gasteiger charge is -2.24. The van der Waals surface area contributed by atoms with E-state index in [0.717, 1.165) is 26.2 Å². The molecular weight excluding hydrogens is 246 g/mol. The SMILES string of the molecule is CC(C)=CCN(Cc1cccc(C)c1)CC1CCCO1. The summed E-state index contributed by atoms with van der Waals surface area (Å²) >= 11 is 0. The third kappa shape index (κ3) is 5.10. The van der Waals surface area contributed by atoms with E-state index >= 15 is 0 Å². The van der Waals surface area contributed by atoms with E-state index in [1.54, 1.807) is 0 Å². The van der Waals surface area contributed by atoms with Gasteiger partial charge in [0, 0.05) is 26.2 Å². The predicted molar refractivity (Wildman–Crippen MR) is 84.9 cm³/mol. The zero-order valence-electron chi connectivity index (χ0n) is 13.1. The molecule has 1 aliphatic heterocycles. The molecule has 1 aliphatic rings. The Morgan fingerprint density at radius 3 is 2.90 bits per heavy atom. The molecule has 1 unspecified atom stereocenters. The Kier molecular flexibility index (Phi) is 5.81. The van der Waals surface area contributed by atoms with E-state index in [1.165, 1.54) is 29.5 Å². The van der Waals surface area contributed by atoms with Gasteiger partial charge in [0.1, 0.15) is 0 Å². The highest BCUT2D eigenvalue weighted by Crippen LogP contribution is 2.15. The molecule has 2 rings (SSSR count). The molecule has 1 fully saturated rings. The van der Waals surface area contributed by atoms with Gasteiger partial charge >= 0.3 is 0 Å². The third-order valence-electron chi connectivity index (χ3n) is 3.73. The van der Waals surface area contributed by atoms with Crippen molar-refractivity contribution < 1.29 is 4.74 Å². The van der Waals surface area contributed by atoms with Gasteiger partial charge in [-0.15, -0.1) is 0 Å². The standard InChI is InChI=1S/C18H27NO/c1-15(2)9-10-19(14-18-8-5-11-20-18)13-17-7-4-6-16(3)12-17/h4,6-7,9,12,18H,5,8,10-11,13-14H2,1-3H3. The molecular formula is C18H27NO. The van der Waals surface area contributed by atoms with Gasteiger partial charge in [0.05, 0.1) is 6.10 Å². The van der Waals surface area contributed by atoms with E-state index in [9.17, 15) is 0 Å². The van der Waals surface area contributed by atoms with Crippen LogP contribution in [0, 0.1) is 6.92 Å². The lowest BCUT2D eigenvalue weighted by atomic mass is 10.1. The highest BCUT2D eigenvalue weighted by Gasteiger charge is 2.18. The van der Waals surface area contributed by atoms with Crippen molar-refractivity contribution in [2.24, 2.45) is 0 Å². The molecule has 0 N–H and O–H groups in total. The molecule has 1 aromatic carbocycles. The van der Waals surface area contributed by atoms with Crippen LogP contribution >= 0.6 is 0 Å². The third-order valence-corrected chi connectivity index (χ3v) is 3.73. The first-order valence-corrected chi connectivity index (χ1v) is 7.66. The fraction of sp³-hybridized carbons (Fsp3) is 0.556. The first kappa shape index (κ1) is 15.3. The van der Waals surface area contributed by atoms with Crippen LogP contribution in [0.5, 0.6) is 0 Å². The maximum atomic E-state index is 5.79. The highest BCUT2D eigenvalue weighted by molar-refractivity contribution is 5.22. The van der Waals surface area contributed by atoms with Gasteiger partial charge in [-0.05, 0) is 39.2 Å². The molecule has 0 radical (unpaired) electrons.